The van der Waals surface area contributed by atoms with E-state index in [-0.39, 0.29) is 24.1 Å². The summed E-state index contributed by atoms with van der Waals surface area (Å²) in [6.07, 6.45) is -1.38. The molecule has 0 aliphatic rings. The van der Waals surface area contributed by atoms with E-state index in [1.54, 1.807) is 0 Å². The first kappa shape index (κ1) is 31.0. The Morgan fingerprint density at radius 1 is 0.641 bits per heavy atom. The van der Waals surface area contributed by atoms with Crippen LogP contribution in [0.5, 0.6) is 0 Å². The molecule has 4 rings (SSSR count). The van der Waals surface area contributed by atoms with E-state index in [9.17, 15) is 42.5 Å². The van der Waals surface area contributed by atoms with Crippen LogP contribution in [0, 0.1) is 23.3 Å². The van der Waals surface area contributed by atoms with Gasteiger partial charge in [-0.3, -0.25) is 9.59 Å². The largest absolute Gasteiger partial charge is 0.393 e. The average molecular weight is 543 g/mol. The van der Waals surface area contributed by atoms with Crippen LogP contribution in [0.4, 0.5) is 17.6 Å². The lowest BCUT2D eigenvalue weighted by atomic mass is 9.86. The molecule has 0 radical (unpaired) electrons. The van der Waals surface area contributed by atoms with Crippen molar-refractivity contribution in [2.75, 3.05) is 6.61 Å². The molecule has 0 aliphatic carbocycles. The van der Waals surface area contributed by atoms with Gasteiger partial charge in [0.2, 0.25) is 5.78 Å². The highest BCUT2D eigenvalue weighted by Gasteiger charge is 2.38. The predicted molar refractivity (Wildman–Crippen MR) is 137 cm³/mol. The summed E-state index contributed by atoms with van der Waals surface area (Å²) in [4.78, 5) is 24.1. The zero-order chi connectivity index (χ0) is 27.9. The second-order valence-corrected chi connectivity index (χ2v) is 8.19. The zero-order valence-electron chi connectivity index (χ0n) is 19.7. The second-order valence-electron chi connectivity index (χ2n) is 8.19. The van der Waals surface area contributed by atoms with Crippen molar-refractivity contribution < 1.29 is 42.5 Å². The van der Waals surface area contributed by atoms with Crippen molar-refractivity contribution in [2.45, 2.75) is 19.1 Å². The highest BCUT2D eigenvalue weighted by Crippen LogP contribution is 2.26. The Kier molecular flexibility index (Phi) is 10.8. The highest BCUT2D eigenvalue weighted by molar-refractivity contribution is 6.03. The van der Waals surface area contributed by atoms with Crippen LogP contribution in [0.1, 0.15) is 45.4 Å². The van der Waals surface area contributed by atoms with E-state index in [0.717, 1.165) is 48.5 Å². The molecule has 0 fully saturated rings. The van der Waals surface area contributed by atoms with Gasteiger partial charge in [-0.25, -0.2) is 17.6 Å². The van der Waals surface area contributed by atoms with Crippen molar-refractivity contribution in [3.05, 3.63) is 143 Å². The predicted octanol–water partition coefficient (Wildman–Crippen LogP) is 5.54. The summed E-state index contributed by atoms with van der Waals surface area (Å²) in [6, 6.07) is 19.0. The maximum Gasteiger partial charge on any atom is 0.201 e. The van der Waals surface area contributed by atoms with E-state index in [1.165, 1.54) is 48.5 Å². The number of benzene rings is 4. The van der Waals surface area contributed by atoms with Crippen LogP contribution in [0.25, 0.3) is 0 Å². The van der Waals surface area contributed by atoms with Crippen LogP contribution in [-0.2, 0) is 5.60 Å². The molecule has 2 atom stereocenters. The second kappa shape index (κ2) is 13.6. The number of aliphatic hydroxyl groups excluding tert-OH is 2. The number of aliphatic hydroxyl groups is 3. The van der Waals surface area contributed by atoms with Gasteiger partial charge in [0.05, 0.1) is 6.61 Å². The summed E-state index contributed by atoms with van der Waals surface area (Å²) in [5.41, 5.74) is -1.58. The fourth-order valence-corrected chi connectivity index (χ4v) is 3.43. The maximum absolute atomic E-state index is 12.9. The molecular weight excluding hydrogens is 516 g/mol. The molecule has 0 saturated heterocycles. The standard InChI is InChI=1S/C15H12F2O3.C14H10F2O2.CH4/c16-12-5-1-10(2-6-12)14(19)15(20,9-18)11-3-7-13(17)8-4-11;15-11-5-1-9(2-6-11)13(17)14(18)10-3-7-12(16)8-4-10;/h1-8,18,20H,9H2;1-8,13,17H;1H4. The monoisotopic (exact) mass is 542 g/mol. The molecular formula is C30H26F4O5. The van der Waals surface area contributed by atoms with Crippen molar-refractivity contribution in [3.63, 3.8) is 0 Å². The van der Waals surface area contributed by atoms with Gasteiger partial charge >= 0.3 is 0 Å². The molecule has 4 aromatic carbocycles. The van der Waals surface area contributed by atoms with E-state index < -0.39 is 53.1 Å². The third kappa shape index (κ3) is 7.67. The van der Waals surface area contributed by atoms with E-state index in [4.69, 9.17) is 0 Å². The van der Waals surface area contributed by atoms with E-state index >= 15 is 0 Å². The molecule has 3 N–H and O–H groups in total. The third-order valence-electron chi connectivity index (χ3n) is 5.60. The Morgan fingerprint density at radius 2 is 1.00 bits per heavy atom. The number of Topliss-reactive ketones (excluding diaryl/α,β-unsaturated/α-hetero) is 2. The summed E-state index contributed by atoms with van der Waals surface area (Å²) in [6.45, 7) is -0.866. The van der Waals surface area contributed by atoms with Crippen LogP contribution in [-0.4, -0.2) is 33.5 Å². The van der Waals surface area contributed by atoms with Gasteiger partial charge in [0.25, 0.3) is 0 Å². The SMILES string of the molecule is C.O=C(c1ccc(F)cc1)C(O)(CO)c1ccc(F)cc1.O=C(c1ccc(F)cc1)C(O)c1ccc(F)cc1. The van der Waals surface area contributed by atoms with Crippen molar-refractivity contribution in [2.24, 2.45) is 0 Å². The first-order chi connectivity index (χ1) is 18.0. The Labute approximate surface area is 222 Å². The molecule has 0 aliphatic heterocycles. The number of rotatable bonds is 7. The first-order valence-corrected chi connectivity index (χ1v) is 11.2. The number of halogens is 4. The minimum absolute atomic E-state index is 0. The van der Waals surface area contributed by atoms with Gasteiger partial charge in [-0.15, -0.1) is 0 Å². The summed E-state index contributed by atoms with van der Waals surface area (Å²) in [5.74, 6) is -3.28. The van der Waals surface area contributed by atoms with E-state index in [0.29, 0.717) is 5.56 Å². The number of ketones is 2. The van der Waals surface area contributed by atoms with Crippen LogP contribution < -0.4 is 0 Å². The molecule has 0 saturated carbocycles. The molecule has 0 heterocycles. The Morgan fingerprint density at radius 3 is 1.41 bits per heavy atom. The van der Waals surface area contributed by atoms with Gasteiger partial charge in [0, 0.05) is 11.1 Å². The Bertz CT molecular complexity index is 1370. The van der Waals surface area contributed by atoms with Gasteiger partial charge in [0.15, 0.2) is 11.4 Å². The van der Waals surface area contributed by atoms with Gasteiger partial charge in [0.1, 0.15) is 29.4 Å². The normalized spacial score (nSPS) is 12.7. The lowest BCUT2D eigenvalue weighted by Crippen LogP contribution is -2.39. The molecule has 0 bridgehead atoms. The van der Waals surface area contributed by atoms with Crippen molar-refractivity contribution in [1.82, 2.24) is 0 Å². The molecule has 9 heteroatoms. The van der Waals surface area contributed by atoms with Crippen molar-refractivity contribution >= 4 is 11.6 Å². The highest BCUT2D eigenvalue weighted by atomic mass is 19.1. The fraction of sp³-hybridized carbons (Fsp3) is 0.133. The molecule has 0 spiro atoms. The molecule has 39 heavy (non-hydrogen) atoms. The number of carbonyl (C=O) groups excluding carboxylic acids is 2. The minimum atomic E-state index is -2.19. The van der Waals surface area contributed by atoms with Gasteiger partial charge in [-0.05, 0) is 83.9 Å². The van der Waals surface area contributed by atoms with Crippen LogP contribution in [0.2, 0.25) is 0 Å². The lowest BCUT2D eigenvalue weighted by Gasteiger charge is -2.25. The maximum atomic E-state index is 12.9. The lowest BCUT2D eigenvalue weighted by molar-refractivity contribution is -0.00404. The van der Waals surface area contributed by atoms with E-state index in [1.807, 2.05) is 0 Å². The summed E-state index contributed by atoms with van der Waals surface area (Å²) in [5, 5.41) is 29.6. The smallest absolute Gasteiger partial charge is 0.201 e. The molecule has 0 amide bonds. The van der Waals surface area contributed by atoms with Crippen LogP contribution in [0.15, 0.2) is 97.1 Å². The molecule has 4 aromatic rings. The van der Waals surface area contributed by atoms with Crippen molar-refractivity contribution in [3.8, 4) is 0 Å². The quantitative estimate of drug-likeness (QED) is 0.211. The van der Waals surface area contributed by atoms with Gasteiger partial charge in [-0.1, -0.05) is 31.7 Å². The zero-order valence-corrected chi connectivity index (χ0v) is 19.7. The fourth-order valence-electron chi connectivity index (χ4n) is 3.43. The topological polar surface area (TPSA) is 94.8 Å². The number of carbonyl (C=O) groups is 2. The molecule has 204 valence electrons. The third-order valence-corrected chi connectivity index (χ3v) is 5.60. The summed E-state index contributed by atoms with van der Waals surface area (Å²) >= 11 is 0. The number of hydrogen-bond donors (Lipinski definition) is 3. The summed E-state index contributed by atoms with van der Waals surface area (Å²) in [7, 11) is 0. The summed E-state index contributed by atoms with van der Waals surface area (Å²) < 4.78 is 51.1. The van der Waals surface area contributed by atoms with E-state index in [2.05, 4.69) is 0 Å². The molecule has 5 nitrogen and oxygen atoms in total. The average Bonchev–Trinajstić information content (AvgIpc) is 2.93. The first-order valence-electron chi connectivity index (χ1n) is 11.2. The minimum Gasteiger partial charge on any atom is -0.393 e. The van der Waals surface area contributed by atoms with Gasteiger partial charge in [-0.2, -0.15) is 0 Å². The Balaban J connectivity index is 0.000000268. The molecule has 2 unspecified atom stereocenters. The van der Waals surface area contributed by atoms with Crippen LogP contribution in [0.3, 0.4) is 0 Å². The Hall–Kier alpha value is -4.18. The van der Waals surface area contributed by atoms with Crippen molar-refractivity contribution in [1.29, 1.82) is 0 Å². The molecule has 0 aromatic heterocycles. The van der Waals surface area contributed by atoms with Crippen LogP contribution >= 0.6 is 0 Å². The number of hydrogen-bond acceptors (Lipinski definition) is 5. The van der Waals surface area contributed by atoms with Gasteiger partial charge < -0.3 is 15.3 Å².